The molecule has 1 aliphatic heterocycles. The fourth-order valence-electron chi connectivity index (χ4n) is 2.72. The fraction of sp³-hybridized carbons (Fsp3) is 0.294. The van der Waals surface area contributed by atoms with Gasteiger partial charge < -0.3 is 14.6 Å². The van der Waals surface area contributed by atoms with Gasteiger partial charge in [-0.1, -0.05) is 24.3 Å². The minimum atomic E-state index is 0.196. The molecule has 20 heavy (non-hydrogen) atoms. The average molecular weight is 270 g/mol. The Balaban J connectivity index is 1.72. The third-order valence-corrected chi connectivity index (χ3v) is 3.72. The van der Waals surface area contributed by atoms with Gasteiger partial charge in [0, 0.05) is 5.92 Å². The molecule has 0 saturated heterocycles. The quantitative estimate of drug-likeness (QED) is 0.931. The summed E-state index contributed by atoms with van der Waals surface area (Å²) in [6.07, 6.45) is 1.91. The summed E-state index contributed by atoms with van der Waals surface area (Å²) in [7, 11) is 1.56. The summed E-state index contributed by atoms with van der Waals surface area (Å²) in [6, 6.07) is 13.8. The second-order valence-corrected chi connectivity index (χ2v) is 5.20. The van der Waals surface area contributed by atoms with Crippen LogP contribution < -0.4 is 9.47 Å². The molecule has 2 aromatic rings. The van der Waals surface area contributed by atoms with E-state index in [1.54, 1.807) is 13.2 Å². The lowest BCUT2D eigenvalue weighted by atomic mass is 9.91. The van der Waals surface area contributed by atoms with Gasteiger partial charge in [-0.05, 0) is 42.2 Å². The zero-order valence-corrected chi connectivity index (χ0v) is 11.5. The number of hydrogen-bond acceptors (Lipinski definition) is 3. The van der Waals surface area contributed by atoms with Crippen LogP contribution in [-0.2, 0) is 12.8 Å². The highest BCUT2D eigenvalue weighted by molar-refractivity contribution is 5.42. The van der Waals surface area contributed by atoms with Gasteiger partial charge in [-0.25, -0.2) is 0 Å². The topological polar surface area (TPSA) is 38.7 Å². The van der Waals surface area contributed by atoms with E-state index in [0.717, 1.165) is 30.8 Å². The molecule has 3 rings (SSSR count). The zero-order valence-electron chi connectivity index (χ0n) is 11.5. The molecule has 3 heteroatoms. The van der Waals surface area contributed by atoms with E-state index < -0.39 is 0 Å². The van der Waals surface area contributed by atoms with E-state index in [9.17, 15) is 5.11 Å². The van der Waals surface area contributed by atoms with Crippen molar-refractivity contribution < 1.29 is 14.6 Å². The summed E-state index contributed by atoms with van der Waals surface area (Å²) in [5.41, 5.74) is 2.37. The van der Waals surface area contributed by atoms with Crippen LogP contribution in [0.2, 0.25) is 0 Å². The van der Waals surface area contributed by atoms with Crippen LogP contribution in [-0.4, -0.2) is 18.8 Å². The summed E-state index contributed by atoms with van der Waals surface area (Å²) in [6.45, 7) is 0.726. The van der Waals surface area contributed by atoms with Gasteiger partial charge in [0.2, 0.25) is 0 Å². The van der Waals surface area contributed by atoms with Gasteiger partial charge in [0.05, 0.1) is 13.7 Å². The maximum Gasteiger partial charge on any atom is 0.160 e. The maximum atomic E-state index is 9.82. The Morgan fingerprint density at radius 2 is 2.10 bits per heavy atom. The normalized spacial score (nSPS) is 17.1. The first kappa shape index (κ1) is 12.9. The minimum Gasteiger partial charge on any atom is -0.504 e. The smallest absolute Gasteiger partial charge is 0.160 e. The van der Waals surface area contributed by atoms with Crippen LogP contribution in [0.15, 0.2) is 42.5 Å². The summed E-state index contributed by atoms with van der Waals surface area (Å²) >= 11 is 0. The summed E-state index contributed by atoms with van der Waals surface area (Å²) < 4.78 is 10.9. The molecule has 0 aromatic heterocycles. The first-order valence-electron chi connectivity index (χ1n) is 6.83. The molecule has 0 bridgehead atoms. The van der Waals surface area contributed by atoms with Crippen molar-refractivity contribution >= 4 is 0 Å². The lowest BCUT2D eigenvalue weighted by molar-refractivity contribution is 0.221. The van der Waals surface area contributed by atoms with Crippen molar-refractivity contribution in [2.75, 3.05) is 13.7 Å². The van der Waals surface area contributed by atoms with E-state index in [2.05, 4.69) is 6.07 Å². The van der Waals surface area contributed by atoms with Crippen molar-refractivity contribution in [3.05, 3.63) is 53.6 Å². The molecule has 0 saturated carbocycles. The van der Waals surface area contributed by atoms with Gasteiger partial charge in [-0.15, -0.1) is 0 Å². The van der Waals surface area contributed by atoms with Gasteiger partial charge in [-0.2, -0.15) is 0 Å². The molecule has 3 nitrogen and oxygen atoms in total. The lowest BCUT2D eigenvalue weighted by Gasteiger charge is -2.25. The molecule has 1 aliphatic rings. The number of rotatable bonds is 3. The largest absolute Gasteiger partial charge is 0.504 e. The predicted molar refractivity (Wildman–Crippen MR) is 77.5 cm³/mol. The number of hydrogen-bond donors (Lipinski definition) is 1. The number of benzene rings is 2. The average Bonchev–Trinajstić information content (AvgIpc) is 2.47. The monoisotopic (exact) mass is 270 g/mol. The Morgan fingerprint density at radius 3 is 2.90 bits per heavy atom. The highest BCUT2D eigenvalue weighted by Crippen LogP contribution is 2.31. The fourth-order valence-corrected chi connectivity index (χ4v) is 2.72. The van der Waals surface area contributed by atoms with Crippen LogP contribution in [0, 0.1) is 5.92 Å². The Bertz CT molecular complexity index is 607. The highest BCUT2D eigenvalue weighted by atomic mass is 16.5. The number of fused-ring (bicyclic) bond motifs is 1. The molecule has 0 radical (unpaired) electrons. The molecule has 1 unspecified atom stereocenters. The number of methoxy groups -OCH3 is 1. The van der Waals surface area contributed by atoms with Gasteiger partial charge in [-0.3, -0.25) is 0 Å². The standard InChI is InChI=1S/C17H18O3/c1-19-17-7-6-12(10-15(17)18)8-13-9-14-4-2-3-5-16(14)20-11-13/h2-7,10,13,18H,8-9,11H2,1H3. The number of para-hydroxylation sites is 1. The number of ether oxygens (including phenoxy) is 2. The Kier molecular flexibility index (Phi) is 3.50. The van der Waals surface area contributed by atoms with Crippen molar-refractivity contribution in [1.82, 2.24) is 0 Å². The predicted octanol–water partition coefficient (Wildman–Crippen LogP) is 3.19. The SMILES string of the molecule is COc1ccc(CC2COc3ccccc3C2)cc1O. The van der Waals surface area contributed by atoms with Crippen LogP contribution in [0.1, 0.15) is 11.1 Å². The number of aromatic hydroxyl groups is 1. The van der Waals surface area contributed by atoms with Crippen LogP contribution in [0.4, 0.5) is 0 Å². The molecule has 0 aliphatic carbocycles. The molecule has 1 heterocycles. The van der Waals surface area contributed by atoms with E-state index in [0.29, 0.717) is 11.7 Å². The lowest BCUT2D eigenvalue weighted by Crippen LogP contribution is -2.22. The van der Waals surface area contributed by atoms with Gasteiger partial charge in [0.1, 0.15) is 5.75 Å². The second kappa shape index (κ2) is 5.45. The molecule has 104 valence electrons. The Morgan fingerprint density at radius 1 is 1.25 bits per heavy atom. The molecule has 0 spiro atoms. The molecule has 0 fully saturated rings. The van der Waals surface area contributed by atoms with Crippen LogP contribution >= 0.6 is 0 Å². The van der Waals surface area contributed by atoms with Crippen molar-refractivity contribution in [1.29, 1.82) is 0 Å². The van der Waals surface area contributed by atoms with Gasteiger partial charge in [0.25, 0.3) is 0 Å². The molecule has 1 atom stereocenters. The summed E-state index contributed by atoms with van der Waals surface area (Å²) in [5.74, 6) is 2.15. The Hall–Kier alpha value is -2.16. The van der Waals surface area contributed by atoms with Crippen molar-refractivity contribution in [3.8, 4) is 17.2 Å². The van der Waals surface area contributed by atoms with Gasteiger partial charge in [0.15, 0.2) is 11.5 Å². The molecule has 1 N–H and O–H groups in total. The highest BCUT2D eigenvalue weighted by Gasteiger charge is 2.20. The van der Waals surface area contributed by atoms with Gasteiger partial charge >= 0.3 is 0 Å². The van der Waals surface area contributed by atoms with Crippen LogP contribution in [0.25, 0.3) is 0 Å². The number of phenols is 1. The minimum absolute atomic E-state index is 0.196. The molecular weight excluding hydrogens is 252 g/mol. The first-order chi connectivity index (χ1) is 9.76. The van der Waals surface area contributed by atoms with Crippen molar-refractivity contribution in [2.24, 2.45) is 5.92 Å². The van der Waals surface area contributed by atoms with E-state index in [-0.39, 0.29) is 5.75 Å². The Labute approximate surface area is 118 Å². The maximum absolute atomic E-state index is 9.82. The third-order valence-electron chi connectivity index (χ3n) is 3.72. The van der Waals surface area contributed by atoms with E-state index >= 15 is 0 Å². The van der Waals surface area contributed by atoms with Crippen molar-refractivity contribution in [3.63, 3.8) is 0 Å². The van der Waals surface area contributed by atoms with Crippen molar-refractivity contribution in [2.45, 2.75) is 12.8 Å². The molecule has 0 amide bonds. The number of phenolic OH excluding ortho intramolecular Hbond substituents is 1. The van der Waals surface area contributed by atoms with Crippen LogP contribution in [0.5, 0.6) is 17.2 Å². The summed E-state index contributed by atoms with van der Waals surface area (Å²) in [4.78, 5) is 0. The first-order valence-corrected chi connectivity index (χ1v) is 6.83. The second-order valence-electron chi connectivity index (χ2n) is 5.20. The summed E-state index contributed by atoms with van der Waals surface area (Å²) in [5, 5.41) is 9.82. The van der Waals surface area contributed by atoms with E-state index in [1.807, 2.05) is 30.3 Å². The van der Waals surface area contributed by atoms with Crippen LogP contribution in [0.3, 0.4) is 0 Å². The van der Waals surface area contributed by atoms with E-state index in [4.69, 9.17) is 9.47 Å². The zero-order chi connectivity index (χ0) is 13.9. The molecular formula is C17H18O3. The third kappa shape index (κ3) is 2.57. The molecule has 2 aromatic carbocycles. The van der Waals surface area contributed by atoms with E-state index in [1.165, 1.54) is 5.56 Å².